The maximum atomic E-state index is 9.08. The van der Waals surface area contributed by atoms with E-state index in [1.54, 1.807) is 16.8 Å². The first-order chi connectivity index (χ1) is 15.0. The van der Waals surface area contributed by atoms with E-state index >= 15 is 0 Å². The van der Waals surface area contributed by atoms with Gasteiger partial charge in [-0.2, -0.15) is 10.4 Å². The average molecular weight is 432 g/mol. The standard InChI is InChI=1S/C23H18ClN5O2/c1-13-21(14(2)29(28-13)18-8-5-17(12-25)20(24)11-18)30-19-9-6-16(7-10-19)23-27-26-22(31-23)15-3-4-15/h5-11,15H,3-4H2,1-2H3. The number of aromatic nitrogens is 4. The Morgan fingerprint density at radius 2 is 1.90 bits per heavy atom. The predicted molar refractivity (Wildman–Crippen MR) is 115 cm³/mol. The molecule has 2 heterocycles. The third kappa shape index (κ3) is 3.66. The molecule has 154 valence electrons. The summed E-state index contributed by atoms with van der Waals surface area (Å²) in [5.41, 5.74) is 3.61. The number of aryl methyl sites for hydroxylation is 1. The highest BCUT2D eigenvalue weighted by atomic mass is 35.5. The van der Waals surface area contributed by atoms with Crippen molar-refractivity contribution in [3.8, 4) is 34.7 Å². The van der Waals surface area contributed by atoms with Crippen LogP contribution in [0.25, 0.3) is 17.1 Å². The number of nitriles is 1. The lowest BCUT2D eigenvalue weighted by atomic mass is 10.2. The lowest BCUT2D eigenvalue weighted by molar-refractivity contribution is 0.474. The lowest BCUT2D eigenvalue weighted by Gasteiger charge is -2.08. The summed E-state index contributed by atoms with van der Waals surface area (Å²) in [6.45, 7) is 3.81. The number of halogens is 1. The normalized spacial score (nSPS) is 13.2. The Kier molecular flexibility index (Phi) is 4.72. The highest BCUT2D eigenvalue weighted by Crippen LogP contribution is 2.40. The molecule has 1 saturated carbocycles. The molecule has 0 N–H and O–H groups in total. The molecule has 0 bridgehead atoms. The van der Waals surface area contributed by atoms with Crippen LogP contribution in [-0.4, -0.2) is 20.0 Å². The zero-order valence-corrected chi connectivity index (χ0v) is 17.7. The van der Waals surface area contributed by atoms with Crippen LogP contribution in [0.15, 0.2) is 46.9 Å². The summed E-state index contributed by atoms with van der Waals surface area (Å²) in [6.07, 6.45) is 2.24. The SMILES string of the molecule is Cc1nn(-c2ccc(C#N)c(Cl)c2)c(C)c1Oc1ccc(-c2nnc(C3CC3)o2)cc1. The van der Waals surface area contributed by atoms with Crippen LogP contribution in [0.2, 0.25) is 5.02 Å². The predicted octanol–water partition coefficient (Wildman–Crippen LogP) is 5.73. The Morgan fingerprint density at radius 3 is 2.58 bits per heavy atom. The molecule has 1 aliphatic carbocycles. The van der Waals surface area contributed by atoms with E-state index in [1.807, 2.05) is 44.2 Å². The zero-order valence-electron chi connectivity index (χ0n) is 17.0. The van der Waals surface area contributed by atoms with Crippen LogP contribution < -0.4 is 4.74 Å². The van der Waals surface area contributed by atoms with Gasteiger partial charge < -0.3 is 9.15 Å². The number of rotatable bonds is 5. The van der Waals surface area contributed by atoms with Gasteiger partial charge in [-0.3, -0.25) is 0 Å². The van der Waals surface area contributed by atoms with Gasteiger partial charge in [0.05, 0.1) is 22.0 Å². The minimum Gasteiger partial charge on any atom is -0.453 e. The maximum Gasteiger partial charge on any atom is 0.247 e. The fraction of sp³-hybridized carbons (Fsp3) is 0.217. The topological polar surface area (TPSA) is 89.8 Å². The molecule has 2 aromatic carbocycles. The molecule has 0 spiro atoms. The van der Waals surface area contributed by atoms with E-state index in [2.05, 4.69) is 21.4 Å². The quantitative estimate of drug-likeness (QED) is 0.400. The first kappa shape index (κ1) is 19.3. The number of benzene rings is 2. The van der Waals surface area contributed by atoms with Gasteiger partial charge >= 0.3 is 0 Å². The summed E-state index contributed by atoms with van der Waals surface area (Å²) in [5.74, 6) is 3.01. The monoisotopic (exact) mass is 431 g/mol. The zero-order chi connectivity index (χ0) is 21.5. The maximum absolute atomic E-state index is 9.08. The number of ether oxygens (including phenoxy) is 1. The summed E-state index contributed by atoms with van der Waals surface area (Å²) in [6, 6.07) is 14.8. The lowest BCUT2D eigenvalue weighted by Crippen LogP contribution is -1.99. The Morgan fingerprint density at radius 1 is 1.13 bits per heavy atom. The van der Waals surface area contributed by atoms with Crippen molar-refractivity contribution >= 4 is 11.6 Å². The Balaban J connectivity index is 1.38. The van der Waals surface area contributed by atoms with Crippen molar-refractivity contribution in [2.24, 2.45) is 0 Å². The van der Waals surface area contributed by atoms with Gasteiger partial charge in [0.25, 0.3) is 0 Å². The number of hydrogen-bond donors (Lipinski definition) is 0. The summed E-state index contributed by atoms with van der Waals surface area (Å²) in [7, 11) is 0. The van der Waals surface area contributed by atoms with E-state index in [0.29, 0.717) is 33.9 Å². The smallest absolute Gasteiger partial charge is 0.247 e. The summed E-state index contributed by atoms with van der Waals surface area (Å²) in [5, 5.41) is 22.3. The second kappa shape index (κ2) is 7.56. The molecule has 0 unspecified atom stereocenters. The molecular formula is C23H18ClN5O2. The second-order valence-corrected chi connectivity index (χ2v) is 7.94. The third-order valence-electron chi connectivity index (χ3n) is 5.23. The van der Waals surface area contributed by atoms with E-state index in [1.165, 1.54) is 0 Å². The fourth-order valence-corrected chi connectivity index (χ4v) is 3.60. The first-order valence-electron chi connectivity index (χ1n) is 9.91. The highest BCUT2D eigenvalue weighted by molar-refractivity contribution is 6.31. The molecule has 2 aromatic heterocycles. The van der Waals surface area contributed by atoms with Crippen LogP contribution in [0.4, 0.5) is 0 Å². The van der Waals surface area contributed by atoms with E-state index in [9.17, 15) is 0 Å². The van der Waals surface area contributed by atoms with Crippen molar-refractivity contribution in [2.75, 3.05) is 0 Å². The van der Waals surface area contributed by atoms with Crippen molar-refractivity contribution in [1.29, 1.82) is 5.26 Å². The van der Waals surface area contributed by atoms with E-state index in [0.717, 1.165) is 41.4 Å². The molecule has 31 heavy (non-hydrogen) atoms. The minimum atomic E-state index is 0.386. The van der Waals surface area contributed by atoms with Gasteiger partial charge in [0.1, 0.15) is 17.5 Å². The molecule has 1 aliphatic rings. The van der Waals surface area contributed by atoms with E-state index < -0.39 is 0 Å². The molecule has 0 saturated heterocycles. The Labute approximate surface area is 183 Å². The van der Waals surface area contributed by atoms with Gasteiger partial charge in [0.15, 0.2) is 5.75 Å². The average Bonchev–Trinajstić information content (AvgIpc) is 3.45. The van der Waals surface area contributed by atoms with Gasteiger partial charge in [-0.1, -0.05) is 11.6 Å². The van der Waals surface area contributed by atoms with E-state index in [-0.39, 0.29) is 0 Å². The van der Waals surface area contributed by atoms with Crippen LogP contribution in [0.5, 0.6) is 11.5 Å². The largest absolute Gasteiger partial charge is 0.453 e. The van der Waals surface area contributed by atoms with Gasteiger partial charge in [-0.25, -0.2) is 4.68 Å². The van der Waals surface area contributed by atoms with Gasteiger partial charge in [0.2, 0.25) is 11.8 Å². The molecule has 0 amide bonds. The second-order valence-electron chi connectivity index (χ2n) is 7.53. The third-order valence-corrected chi connectivity index (χ3v) is 5.54. The van der Waals surface area contributed by atoms with Crippen molar-refractivity contribution in [1.82, 2.24) is 20.0 Å². The van der Waals surface area contributed by atoms with E-state index in [4.69, 9.17) is 26.0 Å². The fourth-order valence-electron chi connectivity index (χ4n) is 3.38. The molecular weight excluding hydrogens is 414 g/mol. The van der Waals surface area contributed by atoms with Crippen LogP contribution in [0, 0.1) is 25.2 Å². The summed E-state index contributed by atoms with van der Waals surface area (Å²) in [4.78, 5) is 0. The highest BCUT2D eigenvalue weighted by Gasteiger charge is 2.29. The van der Waals surface area contributed by atoms with Gasteiger partial charge in [0, 0.05) is 11.5 Å². The molecule has 4 aromatic rings. The van der Waals surface area contributed by atoms with Crippen LogP contribution in [0.3, 0.4) is 0 Å². The molecule has 5 rings (SSSR count). The molecule has 7 nitrogen and oxygen atoms in total. The Bertz CT molecular complexity index is 1310. The van der Waals surface area contributed by atoms with Gasteiger partial charge in [-0.05, 0) is 69.2 Å². The van der Waals surface area contributed by atoms with Crippen LogP contribution in [-0.2, 0) is 0 Å². The molecule has 8 heteroatoms. The van der Waals surface area contributed by atoms with Crippen LogP contribution >= 0.6 is 11.6 Å². The van der Waals surface area contributed by atoms with Crippen LogP contribution in [0.1, 0.15) is 41.6 Å². The minimum absolute atomic E-state index is 0.386. The van der Waals surface area contributed by atoms with Crippen molar-refractivity contribution < 1.29 is 9.15 Å². The summed E-state index contributed by atoms with van der Waals surface area (Å²) >= 11 is 6.18. The van der Waals surface area contributed by atoms with Crippen molar-refractivity contribution in [3.05, 3.63) is 70.3 Å². The first-order valence-corrected chi connectivity index (χ1v) is 10.3. The number of nitrogens with zero attached hydrogens (tertiary/aromatic N) is 5. The molecule has 1 fully saturated rings. The van der Waals surface area contributed by atoms with Crippen molar-refractivity contribution in [3.63, 3.8) is 0 Å². The molecule has 0 aliphatic heterocycles. The molecule has 0 atom stereocenters. The van der Waals surface area contributed by atoms with Gasteiger partial charge in [-0.15, -0.1) is 10.2 Å². The summed E-state index contributed by atoms with van der Waals surface area (Å²) < 4.78 is 13.6. The van der Waals surface area contributed by atoms with Crippen molar-refractivity contribution in [2.45, 2.75) is 32.6 Å². The number of hydrogen-bond acceptors (Lipinski definition) is 6. The Hall–Kier alpha value is -3.63. The molecule has 0 radical (unpaired) electrons.